The summed E-state index contributed by atoms with van der Waals surface area (Å²) in [6.45, 7) is 2.82. The van der Waals surface area contributed by atoms with E-state index in [0.717, 1.165) is 30.2 Å². The molecule has 0 aromatic carbocycles. The van der Waals surface area contributed by atoms with Gasteiger partial charge in [0.2, 0.25) is 5.91 Å². The molecule has 0 saturated carbocycles. The van der Waals surface area contributed by atoms with Crippen molar-refractivity contribution >= 4 is 43.8 Å². The Morgan fingerprint density at radius 2 is 2.12 bits per heavy atom. The molecule has 0 bridgehead atoms. The zero-order chi connectivity index (χ0) is 24.3. The summed E-state index contributed by atoms with van der Waals surface area (Å²) in [5.74, 6) is -0.313. The number of nitrogens with one attached hydrogen (secondary N) is 1. The van der Waals surface area contributed by atoms with Crippen molar-refractivity contribution in [2.75, 3.05) is 18.5 Å². The lowest BCUT2D eigenvalue weighted by Crippen LogP contribution is -2.37. The molecule has 0 aliphatic carbocycles. The van der Waals surface area contributed by atoms with Crippen molar-refractivity contribution in [1.82, 2.24) is 9.55 Å². The summed E-state index contributed by atoms with van der Waals surface area (Å²) in [6.07, 6.45) is 4.79. The van der Waals surface area contributed by atoms with Crippen LogP contribution in [0.3, 0.4) is 0 Å². The van der Waals surface area contributed by atoms with Crippen LogP contribution >= 0.6 is 22.9 Å². The average molecular weight is 526 g/mol. The molecule has 0 spiro atoms. The predicted molar refractivity (Wildman–Crippen MR) is 128 cm³/mol. The normalized spacial score (nSPS) is 15.8. The minimum atomic E-state index is -3.81. The molecule has 3 aromatic rings. The van der Waals surface area contributed by atoms with Crippen LogP contribution in [0.15, 0.2) is 50.8 Å². The van der Waals surface area contributed by atoms with Gasteiger partial charge in [0.15, 0.2) is 15.0 Å². The first-order valence-electron chi connectivity index (χ1n) is 10.7. The topological polar surface area (TPSA) is 121 Å². The van der Waals surface area contributed by atoms with E-state index < -0.39 is 27.3 Å². The number of carbonyl (C=O) groups is 1. The molecule has 1 fully saturated rings. The number of hydrogen-bond acceptors (Lipinski definition) is 8. The first-order valence-corrected chi connectivity index (χ1v) is 13.6. The fourth-order valence-electron chi connectivity index (χ4n) is 4.05. The molecule has 1 aliphatic rings. The van der Waals surface area contributed by atoms with Crippen LogP contribution in [-0.4, -0.2) is 37.1 Å². The van der Waals surface area contributed by atoms with Gasteiger partial charge in [0.1, 0.15) is 21.9 Å². The standard InChI is InChI=1S/C22H24ClN3O6S2/c1-14-9-17(34(29,30)13-16-3-2-6-32-16)11-20(27)26(14)18(10-15-4-7-31-8-5-15)21(28)25-22-24-12-19(23)33-22/h2-3,6,9,11-12,15,18H,4-5,7-8,10,13H2,1H3,(H,24,25,28)/t18-/m0/s1. The number of aryl methyl sites for hydroxylation is 1. The Kier molecular flexibility index (Phi) is 7.56. The lowest BCUT2D eigenvalue weighted by molar-refractivity contribution is -0.120. The summed E-state index contributed by atoms with van der Waals surface area (Å²) in [7, 11) is -3.81. The van der Waals surface area contributed by atoms with E-state index in [1.54, 1.807) is 19.1 Å². The molecule has 3 aromatic heterocycles. The quantitative estimate of drug-likeness (QED) is 0.474. The molecule has 9 nitrogen and oxygen atoms in total. The first-order chi connectivity index (χ1) is 16.2. The third kappa shape index (κ3) is 5.77. The number of halogens is 1. The Bertz CT molecular complexity index is 1310. The summed E-state index contributed by atoms with van der Waals surface area (Å²) < 4.78 is 38.1. The van der Waals surface area contributed by atoms with Crippen LogP contribution in [0.5, 0.6) is 0 Å². The number of furan rings is 1. The molecule has 1 aliphatic heterocycles. The smallest absolute Gasteiger partial charge is 0.252 e. The van der Waals surface area contributed by atoms with E-state index in [9.17, 15) is 18.0 Å². The zero-order valence-corrected chi connectivity index (χ0v) is 20.8. The van der Waals surface area contributed by atoms with Crippen LogP contribution in [0, 0.1) is 12.8 Å². The number of carbonyl (C=O) groups excluding carboxylic acids is 1. The molecule has 1 saturated heterocycles. The minimum absolute atomic E-state index is 0.112. The van der Waals surface area contributed by atoms with Gasteiger partial charge in [-0.2, -0.15) is 0 Å². The lowest BCUT2D eigenvalue weighted by atomic mass is 9.91. The van der Waals surface area contributed by atoms with Gasteiger partial charge in [0, 0.05) is 25.0 Å². The third-order valence-electron chi connectivity index (χ3n) is 5.73. The zero-order valence-electron chi connectivity index (χ0n) is 18.4. The van der Waals surface area contributed by atoms with Gasteiger partial charge in [-0.05, 0) is 50.3 Å². The molecule has 1 N–H and O–H groups in total. The second kappa shape index (κ2) is 10.4. The van der Waals surface area contributed by atoms with Gasteiger partial charge < -0.3 is 19.0 Å². The summed E-state index contributed by atoms with van der Waals surface area (Å²) in [6, 6.07) is 4.80. The Morgan fingerprint density at radius 1 is 1.35 bits per heavy atom. The molecule has 0 radical (unpaired) electrons. The average Bonchev–Trinajstić information content (AvgIpc) is 3.44. The number of sulfone groups is 1. The van der Waals surface area contributed by atoms with Gasteiger partial charge in [-0.3, -0.25) is 9.59 Å². The van der Waals surface area contributed by atoms with Gasteiger partial charge in [0.25, 0.3) is 5.56 Å². The Balaban J connectivity index is 1.66. The van der Waals surface area contributed by atoms with Crippen LogP contribution in [0.2, 0.25) is 4.34 Å². The highest BCUT2D eigenvalue weighted by molar-refractivity contribution is 7.90. The van der Waals surface area contributed by atoms with E-state index in [-0.39, 0.29) is 22.3 Å². The lowest BCUT2D eigenvalue weighted by Gasteiger charge is -2.28. The van der Waals surface area contributed by atoms with Crippen molar-refractivity contribution in [3.63, 3.8) is 0 Å². The fourth-order valence-corrected chi connectivity index (χ4v) is 6.21. The van der Waals surface area contributed by atoms with Gasteiger partial charge in [0.05, 0.1) is 17.4 Å². The summed E-state index contributed by atoms with van der Waals surface area (Å²) in [4.78, 5) is 30.4. The van der Waals surface area contributed by atoms with Crippen LogP contribution in [0.1, 0.15) is 36.8 Å². The number of thiazole rings is 1. The largest absolute Gasteiger partial charge is 0.468 e. The van der Waals surface area contributed by atoms with E-state index in [0.29, 0.717) is 34.8 Å². The second-order valence-electron chi connectivity index (χ2n) is 8.15. The summed E-state index contributed by atoms with van der Waals surface area (Å²) in [5, 5.41) is 3.07. The van der Waals surface area contributed by atoms with Gasteiger partial charge >= 0.3 is 0 Å². The fraction of sp³-hybridized carbons (Fsp3) is 0.409. The number of amides is 1. The van der Waals surface area contributed by atoms with Crippen molar-refractivity contribution in [3.8, 4) is 0 Å². The second-order valence-corrected chi connectivity index (χ2v) is 11.8. The maximum Gasteiger partial charge on any atom is 0.252 e. The number of anilines is 1. The van der Waals surface area contributed by atoms with Crippen LogP contribution in [0.25, 0.3) is 0 Å². The van der Waals surface area contributed by atoms with Gasteiger partial charge in [-0.15, -0.1) is 0 Å². The number of aromatic nitrogens is 2. The Hall–Kier alpha value is -2.47. The van der Waals surface area contributed by atoms with Crippen molar-refractivity contribution in [2.24, 2.45) is 5.92 Å². The van der Waals surface area contributed by atoms with Gasteiger partial charge in [-0.25, -0.2) is 13.4 Å². The van der Waals surface area contributed by atoms with Gasteiger partial charge in [-0.1, -0.05) is 22.9 Å². The molecule has 182 valence electrons. The highest BCUT2D eigenvalue weighted by Crippen LogP contribution is 2.29. The van der Waals surface area contributed by atoms with Crippen LogP contribution in [0.4, 0.5) is 5.13 Å². The Labute approximate surface area is 205 Å². The third-order valence-corrected chi connectivity index (χ3v) is 8.37. The highest BCUT2D eigenvalue weighted by atomic mass is 35.5. The van der Waals surface area contributed by atoms with E-state index in [4.69, 9.17) is 20.8 Å². The molecule has 12 heteroatoms. The maximum absolute atomic E-state index is 13.3. The van der Waals surface area contributed by atoms with Crippen molar-refractivity contribution in [3.05, 3.63) is 62.9 Å². The molecule has 0 unspecified atom stereocenters. The highest BCUT2D eigenvalue weighted by Gasteiger charge is 2.30. The molecule has 1 amide bonds. The van der Waals surface area contributed by atoms with E-state index in [1.807, 2.05) is 0 Å². The SMILES string of the molecule is Cc1cc(S(=O)(=O)Cc2ccco2)cc(=O)n1[C@@H](CC1CCOCC1)C(=O)Nc1ncc(Cl)s1. The van der Waals surface area contributed by atoms with Crippen LogP contribution < -0.4 is 10.9 Å². The maximum atomic E-state index is 13.3. The Morgan fingerprint density at radius 3 is 2.74 bits per heavy atom. The first kappa shape index (κ1) is 24.6. The summed E-state index contributed by atoms with van der Waals surface area (Å²) in [5.41, 5.74) is -0.197. The molecule has 4 rings (SSSR count). The number of nitrogens with zero attached hydrogens (tertiary/aromatic N) is 2. The minimum Gasteiger partial charge on any atom is -0.468 e. The van der Waals surface area contributed by atoms with Crippen molar-refractivity contribution in [1.29, 1.82) is 0 Å². The molecule has 4 heterocycles. The number of rotatable bonds is 8. The number of pyridine rings is 1. The molecular formula is C22H24ClN3O6S2. The molecule has 1 atom stereocenters. The van der Waals surface area contributed by atoms with E-state index in [1.165, 1.54) is 23.1 Å². The van der Waals surface area contributed by atoms with E-state index >= 15 is 0 Å². The number of hydrogen-bond donors (Lipinski definition) is 1. The van der Waals surface area contributed by atoms with Crippen molar-refractivity contribution < 1.29 is 22.4 Å². The number of ether oxygens (including phenoxy) is 1. The summed E-state index contributed by atoms with van der Waals surface area (Å²) >= 11 is 7.05. The molecular weight excluding hydrogens is 502 g/mol. The van der Waals surface area contributed by atoms with Crippen LogP contribution in [-0.2, 0) is 25.1 Å². The predicted octanol–water partition coefficient (Wildman–Crippen LogP) is 3.83. The monoisotopic (exact) mass is 525 g/mol. The van der Waals surface area contributed by atoms with E-state index in [2.05, 4.69) is 10.3 Å². The molecule has 34 heavy (non-hydrogen) atoms. The van der Waals surface area contributed by atoms with Crippen molar-refractivity contribution in [2.45, 2.75) is 42.9 Å².